The molecule has 1 N–H and O–H groups in total. The number of nitrogens with zero attached hydrogens (tertiary/aromatic N) is 2. The molecule has 2 amide bonds. The number of morpholine rings is 1. The van der Waals surface area contributed by atoms with Gasteiger partial charge in [-0.2, -0.15) is 0 Å². The Balaban J connectivity index is 1.58. The number of nitrogens with one attached hydrogen (secondary N) is 1. The number of amides is 2. The van der Waals surface area contributed by atoms with Crippen LogP contribution < -0.4 is 5.32 Å². The van der Waals surface area contributed by atoms with Gasteiger partial charge >= 0.3 is 6.03 Å². The molecule has 3 rings (SSSR count). The monoisotopic (exact) mass is 331 g/mol. The van der Waals surface area contributed by atoms with E-state index in [4.69, 9.17) is 4.74 Å². The first-order valence-electron chi connectivity index (χ1n) is 9.03. The van der Waals surface area contributed by atoms with Gasteiger partial charge in [0.1, 0.15) is 0 Å². The summed E-state index contributed by atoms with van der Waals surface area (Å²) in [6.45, 7) is 9.99. The molecule has 1 aromatic rings. The number of aryl methyl sites for hydroxylation is 1. The molecular weight excluding hydrogens is 302 g/mol. The van der Waals surface area contributed by atoms with Crippen LogP contribution in [0.3, 0.4) is 0 Å². The first kappa shape index (κ1) is 17.2. The van der Waals surface area contributed by atoms with E-state index in [1.807, 2.05) is 36.1 Å². The van der Waals surface area contributed by atoms with Crippen LogP contribution in [-0.2, 0) is 4.74 Å². The SMILES string of the molecule is Cc1ccc(NC(=O)N2CCCC2CN2CC(C)OC(C)C2)cc1. The third-order valence-corrected chi connectivity index (χ3v) is 4.91. The molecule has 0 bridgehead atoms. The zero-order valence-electron chi connectivity index (χ0n) is 15.0. The van der Waals surface area contributed by atoms with Crippen molar-refractivity contribution in [3.8, 4) is 0 Å². The van der Waals surface area contributed by atoms with Crippen molar-refractivity contribution in [2.24, 2.45) is 0 Å². The molecule has 3 atom stereocenters. The third-order valence-electron chi connectivity index (χ3n) is 4.91. The number of likely N-dealkylation sites (tertiary alicyclic amines) is 1. The Kier molecular flexibility index (Phi) is 5.41. The Bertz CT molecular complexity index is 550. The van der Waals surface area contributed by atoms with Crippen LogP contribution >= 0.6 is 0 Å². The second-order valence-corrected chi connectivity index (χ2v) is 7.26. The quantitative estimate of drug-likeness (QED) is 0.926. The summed E-state index contributed by atoms with van der Waals surface area (Å²) in [7, 11) is 0. The van der Waals surface area contributed by atoms with Crippen LogP contribution in [0.1, 0.15) is 32.3 Å². The van der Waals surface area contributed by atoms with E-state index in [1.54, 1.807) is 0 Å². The Morgan fingerprint density at radius 3 is 2.54 bits per heavy atom. The summed E-state index contributed by atoms with van der Waals surface area (Å²) in [6, 6.07) is 8.29. The van der Waals surface area contributed by atoms with Crippen LogP contribution in [-0.4, -0.2) is 60.3 Å². The molecule has 3 unspecified atom stereocenters. The van der Waals surface area contributed by atoms with Gasteiger partial charge in [0.25, 0.3) is 0 Å². The molecule has 1 aromatic carbocycles. The average molecular weight is 331 g/mol. The number of hydrogen-bond acceptors (Lipinski definition) is 3. The molecule has 5 nitrogen and oxygen atoms in total. The van der Waals surface area contributed by atoms with E-state index in [1.165, 1.54) is 5.56 Å². The zero-order chi connectivity index (χ0) is 17.1. The van der Waals surface area contributed by atoms with E-state index < -0.39 is 0 Å². The Morgan fingerprint density at radius 2 is 1.88 bits per heavy atom. The average Bonchev–Trinajstić information content (AvgIpc) is 2.96. The van der Waals surface area contributed by atoms with Crippen molar-refractivity contribution in [1.82, 2.24) is 9.80 Å². The van der Waals surface area contributed by atoms with E-state index in [2.05, 4.69) is 24.1 Å². The molecule has 132 valence electrons. The normalized spacial score (nSPS) is 28.1. The lowest BCUT2D eigenvalue weighted by atomic mass is 10.1. The van der Waals surface area contributed by atoms with Crippen LogP contribution in [0.2, 0.25) is 0 Å². The van der Waals surface area contributed by atoms with E-state index in [0.29, 0.717) is 6.04 Å². The van der Waals surface area contributed by atoms with Crippen molar-refractivity contribution < 1.29 is 9.53 Å². The first-order valence-corrected chi connectivity index (χ1v) is 9.03. The van der Waals surface area contributed by atoms with Crippen molar-refractivity contribution in [2.45, 2.75) is 51.9 Å². The van der Waals surface area contributed by atoms with Crippen molar-refractivity contribution in [3.63, 3.8) is 0 Å². The second-order valence-electron chi connectivity index (χ2n) is 7.26. The minimum atomic E-state index is 0.0238. The highest BCUT2D eigenvalue weighted by atomic mass is 16.5. The minimum absolute atomic E-state index is 0.0238. The Morgan fingerprint density at radius 1 is 1.21 bits per heavy atom. The number of urea groups is 1. The fraction of sp³-hybridized carbons (Fsp3) is 0.632. The largest absolute Gasteiger partial charge is 0.373 e. The highest BCUT2D eigenvalue weighted by molar-refractivity contribution is 5.89. The third kappa shape index (κ3) is 4.28. The molecule has 0 saturated carbocycles. The van der Waals surface area contributed by atoms with Gasteiger partial charge in [-0.1, -0.05) is 17.7 Å². The molecule has 2 aliphatic heterocycles. The predicted octanol–water partition coefficient (Wildman–Crippen LogP) is 3.10. The van der Waals surface area contributed by atoms with Crippen LogP contribution in [0.25, 0.3) is 0 Å². The summed E-state index contributed by atoms with van der Waals surface area (Å²) < 4.78 is 5.81. The van der Waals surface area contributed by atoms with Gasteiger partial charge in [-0.25, -0.2) is 4.79 Å². The molecule has 0 radical (unpaired) electrons. The fourth-order valence-electron chi connectivity index (χ4n) is 3.86. The summed E-state index contributed by atoms with van der Waals surface area (Å²) in [5.74, 6) is 0. The van der Waals surface area contributed by atoms with Gasteiger partial charge in [0.2, 0.25) is 0 Å². The van der Waals surface area contributed by atoms with E-state index in [9.17, 15) is 4.79 Å². The maximum atomic E-state index is 12.7. The highest BCUT2D eigenvalue weighted by Gasteiger charge is 2.32. The van der Waals surface area contributed by atoms with Crippen molar-refractivity contribution in [3.05, 3.63) is 29.8 Å². The summed E-state index contributed by atoms with van der Waals surface area (Å²) in [5, 5.41) is 3.04. The van der Waals surface area contributed by atoms with E-state index in [0.717, 1.165) is 44.7 Å². The molecule has 2 fully saturated rings. The highest BCUT2D eigenvalue weighted by Crippen LogP contribution is 2.22. The van der Waals surface area contributed by atoms with Crippen LogP contribution in [0.15, 0.2) is 24.3 Å². The lowest BCUT2D eigenvalue weighted by molar-refractivity contribution is -0.0712. The lowest BCUT2D eigenvalue weighted by Crippen LogP contribution is -2.51. The molecular formula is C19H29N3O2. The number of carbonyl (C=O) groups is 1. The molecule has 2 heterocycles. The topological polar surface area (TPSA) is 44.8 Å². The number of rotatable bonds is 3. The van der Waals surface area contributed by atoms with Crippen molar-refractivity contribution in [2.75, 3.05) is 31.5 Å². The van der Waals surface area contributed by atoms with Gasteiger partial charge in [0, 0.05) is 37.9 Å². The number of benzene rings is 1. The maximum Gasteiger partial charge on any atom is 0.322 e. The van der Waals surface area contributed by atoms with E-state index >= 15 is 0 Å². The van der Waals surface area contributed by atoms with Crippen LogP contribution in [0, 0.1) is 6.92 Å². The van der Waals surface area contributed by atoms with Gasteiger partial charge in [-0.3, -0.25) is 4.90 Å². The van der Waals surface area contributed by atoms with Gasteiger partial charge < -0.3 is 15.0 Å². The predicted molar refractivity (Wildman–Crippen MR) is 96.4 cm³/mol. The van der Waals surface area contributed by atoms with E-state index in [-0.39, 0.29) is 18.2 Å². The zero-order valence-corrected chi connectivity index (χ0v) is 15.0. The summed E-state index contributed by atoms with van der Waals surface area (Å²) >= 11 is 0. The molecule has 0 aromatic heterocycles. The molecule has 0 aliphatic carbocycles. The minimum Gasteiger partial charge on any atom is -0.373 e. The summed E-state index contributed by atoms with van der Waals surface area (Å²) in [5.41, 5.74) is 2.06. The number of carbonyl (C=O) groups excluding carboxylic acids is 1. The molecule has 0 spiro atoms. The number of ether oxygens (including phenoxy) is 1. The second kappa shape index (κ2) is 7.53. The molecule has 5 heteroatoms. The van der Waals surface area contributed by atoms with Gasteiger partial charge in [0.05, 0.1) is 12.2 Å². The fourth-order valence-corrected chi connectivity index (χ4v) is 3.86. The van der Waals surface area contributed by atoms with Crippen molar-refractivity contribution in [1.29, 1.82) is 0 Å². The standard InChI is InChI=1S/C19H29N3O2/c1-14-6-8-17(9-7-14)20-19(23)22-10-4-5-18(22)13-21-11-15(2)24-16(3)12-21/h6-9,15-16,18H,4-5,10-13H2,1-3H3,(H,20,23). The Hall–Kier alpha value is -1.59. The van der Waals surface area contributed by atoms with Crippen LogP contribution in [0.4, 0.5) is 10.5 Å². The Labute approximate surface area is 145 Å². The lowest BCUT2D eigenvalue weighted by Gasteiger charge is -2.38. The van der Waals surface area contributed by atoms with Crippen LogP contribution in [0.5, 0.6) is 0 Å². The first-order chi connectivity index (χ1) is 11.5. The molecule has 2 aliphatic rings. The van der Waals surface area contributed by atoms with Gasteiger partial charge in [0.15, 0.2) is 0 Å². The molecule has 24 heavy (non-hydrogen) atoms. The summed E-state index contributed by atoms with van der Waals surface area (Å²) in [4.78, 5) is 17.1. The number of anilines is 1. The molecule has 2 saturated heterocycles. The van der Waals surface area contributed by atoms with Gasteiger partial charge in [-0.15, -0.1) is 0 Å². The van der Waals surface area contributed by atoms with Gasteiger partial charge in [-0.05, 0) is 45.7 Å². The van der Waals surface area contributed by atoms with Crippen molar-refractivity contribution >= 4 is 11.7 Å². The summed E-state index contributed by atoms with van der Waals surface area (Å²) in [6.07, 6.45) is 2.71. The maximum absolute atomic E-state index is 12.7. The smallest absolute Gasteiger partial charge is 0.322 e. The number of hydrogen-bond donors (Lipinski definition) is 1.